The molecular weight excluding hydrogens is 443 g/mol. The van der Waals surface area contributed by atoms with E-state index < -0.39 is 17.6 Å². The summed E-state index contributed by atoms with van der Waals surface area (Å²) in [5.74, 6) is 0.404. The lowest BCUT2D eigenvalue weighted by molar-refractivity contribution is -0.141. The summed E-state index contributed by atoms with van der Waals surface area (Å²) in [5, 5.41) is 0. The summed E-state index contributed by atoms with van der Waals surface area (Å²) in [4.78, 5) is 19.8. The molecule has 2 N–H and O–H groups in total. The van der Waals surface area contributed by atoms with Crippen molar-refractivity contribution in [1.29, 1.82) is 0 Å². The van der Waals surface area contributed by atoms with Gasteiger partial charge in [0.1, 0.15) is 18.6 Å². The number of hydrogen-bond donors (Lipinski definition) is 1. The van der Waals surface area contributed by atoms with Crippen molar-refractivity contribution in [2.45, 2.75) is 46.5 Å². The lowest BCUT2D eigenvalue weighted by Crippen LogP contribution is -2.47. The second-order valence-electron chi connectivity index (χ2n) is 10.0. The Hall–Kier alpha value is -3.03. The average molecular weight is 481 g/mol. The molecule has 0 aliphatic heterocycles. The molecule has 0 spiro atoms. The number of benzene rings is 2. The van der Waals surface area contributed by atoms with Crippen LogP contribution in [0.2, 0.25) is 0 Å². The third-order valence-corrected chi connectivity index (χ3v) is 5.93. The van der Waals surface area contributed by atoms with Gasteiger partial charge in [0, 0.05) is 32.0 Å². The van der Waals surface area contributed by atoms with E-state index in [9.17, 15) is 9.18 Å². The highest BCUT2D eigenvalue weighted by molar-refractivity contribution is 5.78. The topological polar surface area (TPSA) is 73.4 Å². The molecule has 188 valence electrons. The molecule has 1 amide bonds. The Bertz CT molecular complexity index is 1110. The van der Waals surface area contributed by atoms with E-state index in [0.717, 1.165) is 16.8 Å². The summed E-state index contributed by atoms with van der Waals surface area (Å²) in [7, 11) is 1.46. The molecule has 0 bridgehead atoms. The number of hydrogen-bond acceptors (Lipinski definition) is 4. The van der Waals surface area contributed by atoms with E-state index in [-0.39, 0.29) is 25.6 Å². The summed E-state index contributed by atoms with van der Waals surface area (Å²) in [5.41, 5.74) is 9.23. The van der Waals surface area contributed by atoms with Crippen molar-refractivity contribution >= 4 is 5.91 Å². The molecule has 0 radical (unpaired) electrons. The summed E-state index contributed by atoms with van der Waals surface area (Å²) in [6.07, 6.45) is 0.662. The van der Waals surface area contributed by atoms with E-state index >= 15 is 0 Å². The Balaban J connectivity index is 2.17. The predicted molar refractivity (Wildman–Crippen MR) is 138 cm³/mol. The summed E-state index contributed by atoms with van der Waals surface area (Å²) < 4.78 is 21.8. The van der Waals surface area contributed by atoms with Crippen LogP contribution in [0.15, 0.2) is 60.8 Å². The average Bonchev–Trinajstić information content (AvgIpc) is 3.21. The van der Waals surface area contributed by atoms with Crippen molar-refractivity contribution < 1.29 is 13.9 Å². The molecule has 2 aromatic carbocycles. The number of alkyl halides is 1. The normalized spacial score (nSPS) is 13.5. The van der Waals surface area contributed by atoms with Crippen LogP contribution in [0.4, 0.5) is 4.39 Å². The zero-order valence-electron chi connectivity index (χ0n) is 21.4. The molecule has 35 heavy (non-hydrogen) atoms. The Labute approximate surface area is 207 Å². The molecule has 0 fully saturated rings. The minimum atomic E-state index is -1.35. The fourth-order valence-corrected chi connectivity index (χ4v) is 4.37. The lowest BCUT2D eigenvalue weighted by Gasteiger charge is -2.40. The third-order valence-electron chi connectivity index (χ3n) is 5.93. The monoisotopic (exact) mass is 480 g/mol. The Morgan fingerprint density at radius 1 is 1.17 bits per heavy atom. The molecule has 0 saturated heterocycles. The van der Waals surface area contributed by atoms with Crippen LogP contribution in [0, 0.1) is 12.3 Å². The molecular formula is C28H37FN4O2. The van der Waals surface area contributed by atoms with Gasteiger partial charge < -0.3 is 19.9 Å². The number of nitrogens with two attached hydrogens (primary N) is 1. The first-order valence-electron chi connectivity index (χ1n) is 11.9. The van der Waals surface area contributed by atoms with Gasteiger partial charge in [-0.05, 0) is 17.9 Å². The molecule has 3 aromatic rings. The summed E-state index contributed by atoms with van der Waals surface area (Å²) in [6.45, 7) is 8.31. The first-order valence-corrected chi connectivity index (χ1v) is 11.9. The number of carbonyl (C=O) groups is 1. The fourth-order valence-electron chi connectivity index (χ4n) is 4.37. The Morgan fingerprint density at radius 2 is 1.89 bits per heavy atom. The third kappa shape index (κ3) is 6.77. The van der Waals surface area contributed by atoms with Gasteiger partial charge in [-0.1, -0.05) is 80.9 Å². The number of halogens is 1. The number of imidazole rings is 1. The SMILES string of the molecule is COCC(=O)N(CC(F)CN)[C@@H](c1nc(-c2ccccc2)cn1Cc1cccc(C)c1)C(C)(C)C. The quantitative estimate of drug-likeness (QED) is 0.454. The summed E-state index contributed by atoms with van der Waals surface area (Å²) in [6, 6.07) is 17.7. The van der Waals surface area contributed by atoms with Crippen LogP contribution in [0.5, 0.6) is 0 Å². The zero-order chi connectivity index (χ0) is 25.6. The van der Waals surface area contributed by atoms with Gasteiger partial charge >= 0.3 is 0 Å². The summed E-state index contributed by atoms with van der Waals surface area (Å²) >= 11 is 0. The highest BCUT2D eigenvalue weighted by Gasteiger charge is 2.39. The molecule has 3 rings (SSSR count). The van der Waals surface area contributed by atoms with Crippen LogP contribution in [0.1, 0.15) is 43.8 Å². The molecule has 0 aliphatic carbocycles. The first kappa shape index (κ1) is 26.6. The first-order chi connectivity index (χ1) is 16.6. The number of ether oxygens (including phenoxy) is 1. The largest absolute Gasteiger partial charge is 0.375 e. The number of aryl methyl sites for hydroxylation is 1. The number of amides is 1. The van der Waals surface area contributed by atoms with Gasteiger partial charge in [0.05, 0.1) is 18.3 Å². The van der Waals surface area contributed by atoms with Gasteiger partial charge in [-0.2, -0.15) is 0 Å². The van der Waals surface area contributed by atoms with Crippen LogP contribution in [0.25, 0.3) is 11.3 Å². The minimum absolute atomic E-state index is 0.126. The van der Waals surface area contributed by atoms with E-state index in [0.29, 0.717) is 12.4 Å². The Kier molecular flexibility index (Phi) is 8.81. The number of carbonyl (C=O) groups excluding carboxylic acids is 1. The smallest absolute Gasteiger partial charge is 0.249 e. The molecule has 2 atom stereocenters. The van der Waals surface area contributed by atoms with Gasteiger partial charge in [0.15, 0.2) is 0 Å². The molecule has 0 aliphatic rings. The second kappa shape index (κ2) is 11.6. The fraction of sp³-hybridized carbons (Fsp3) is 0.429. The molecule has 7 heteroatoms. The minimum Gasteiger partial charge on any atom is -0.375 e. The zero-order valence-corrected chi connectivity index (χ0v) is 21.4. The molecule has 1 heterocycles. The number of methoxy groups -OCH3 is 1. The molecule has 0 saturated carbocycles. The number of aromatic nitrogens is 2. The van der Waals surface area contributed by atoms with Crippen molar-refractivity contribution in [3.63, 3.8) is 0 Å². The van der Waals surface area contributed by atoms with Crippen LogP contribution < -0.4 is 5.73 Å². The van der Waals surface area contributed by atoms with Crippen LogP contribution in [0.3, 0.4) is 0 Å². The van der Waals surface area contributed by atoms with Gasteiger partial charge in [0.2, 0.25) is 5.91 Å². The van der Waals surface area contributed by atoms with E-state index in [1.165, 1.54) is 12.7 Å². The van der Waals surface area contributed by atoms with Crippen molar-refractivity contribution in [1.82, 2.24) is 14.5 Å². The molecule has 1 unspecified atom stereocenters. The van der Waals surface area contributed by atoms with Gasteiger partial charge in [-0.15, -0.1) is 0 Å². The maximum atomic E-state index is 14.6. The number of rotatable bonds is 10. The van der Waals surface area contributed by atoms with Crippen LogP contribution in [-0.4, -0.2) is 53.3 Å². The second-order valence-corrected chi connectivity index (χ2v) is 10.0. The highest BCUT2D eigenvalue weighted by Crippen LogP contribution is 2.39. The van der Waals surface area contributed by atoms with E-state index in [1.807, 2.05) is 63.4 Å². The Morgan fingerprint density at radius 3 is 2.49 bits per heavy atom. The van der Waals surface area contributed by atoms with E-state index in [1.54, 1.807) is 4.90 Å². The van der Waals surface area contributed by atoms with E-state index in [4.69, 9.17) is 15.5 Å². The van der Waals surface area contributed by atoms with Crippen LogP contribution >= 0.6 is 0 Å². The maximum Gasteiger partial charge on any atom is 0.249 e. The van der Waals surface area contributed by atoms with Gasteiger partial charge in [0.25, 0.3) is 0 Å². The van der Waals surface area contributed by atoms with Crippen molar-refractivity contribution in [3.8, 4) is 11.3 Å². The van der Waals surface area contributed by atoms with Crippen LogP contribution in [-0.2, 0) is 16.1 Å². The van der Waals surface area contributed by atoms with Crippen molar-refractivity contribution in [2.75, 3.05) is 26.8 Å². The predicted octanol–water partition coefficient (Wildman–Crippen LogP) is 4.77. The lowest BCUT2D eigenvalue weighted by atomic mass is 9.84. The van der Waals surface area contributed by atoms with Crippen molar-refractivity contribution in [2.24, 2.45) is 11.1 Å². The van der Waals surface area contributed by atoms with Crippen molar-refractivity contribution in [3.05, 3.63) is 77.7 Å². The molecule has 6 nitrogen and oxygen atoms in total. The molecule has 1 aromatic heterocycles. The van der Waals surface area contributed by atoms with Gasteiger partial charge in [-0.3, -0.25) is 4.79 Å². The maximum absolute atomic E-state index is 14.6. The van der Waals surface area contributed by atoms with E-state index in [2.05, 4.69) is 29.7 Å². The number of nitrogens with zero attached hydrogens (tertiary/aromatic N) is 3. The van der Waals surface area contributed by atoms with Gasteiger partial charge in [-0.25, -0.2) is 9.37 Å². The standard InChI is InChI=1S/C28H37FN4O2/c1-20-10-9-11-21(14-20)16-32-18-24(22-12-7-6-8-13-22)31-27(32)26(28(2,3)4)33(17-23(29)15-30)25(34)19-35-5/h6-14,18,23,26H,15-17,19,30H2,1-5H3/t23?,26-/m0/s1. The highest BCUT2D eigenvalue weighted by atomic mass is 19.1.